The van der Waals surface area contributed by atoms with Gasteiger partial charge in [-0.1, -0.05) is 37.6 Å². The summed E-state index contributed by atoms with van der Waals surface area (Å²) in [6, 6.07) is 14.8. The molecule has 0 saturated heterocycles. The third-order valence-corrected chi connectivity index (χ3v) is 3.47. The molecule has 0 aromatic heterocycles. The maximum absolute atomic E-state index is 9.22. The summed E-state index contributed by atoms with van der Waals surface area (Å²) in [6.45, 7) is 2.12. The number of hydrogen-bond acceptors (Lipinski definition) is 2. The maximum Gasteiger partial charge on any atom is 0.119 e. The molecule has 2 heteroatoms. The van der Waals surface area contributed by atoms with Crippen LogP contribution in [0.4, 0.5) is 0 Å². The molecule has 98 valence electrons. The Morgan fingerprint density at radius 1 is 1.26 bits per heavy atom. The first kappa shape index (κ1) is 13.4. The molecule has 19 heavy (non-hydrogen) atoms. The summed E-state index contributed by atoms with van der Waals surface area (Å²) in [6.07, 6.45) is 2.82. The zero-order valence-electron chi connectivity index (χ0n) is 11.5. The number of fused-ring (bicyclic) bond motifs is 1. The van der Waals surface area contributed by atoms with E-state index in [9.17, 15) is 5.26 Å². The van der Waals surface area contributed by atoms with Crippen molar-refractivity contribution >= 4 is 10.8 Å². The Morgan fingerprint density at radius 3 is 2.79 bits per heavy atom. The van der Waals surface area contributed by atoms with E-state index in [1.165, 1.54) is 16.3 Å². The average molecular weight is 253 g/mol. The first-order chi connectivity index (χ1) is 9.28. The van der Waals surface area contributed by atoms with Gasteiger partial charge in [-0.2, -0.15) is 5.26 Å². The van der Waals surface area contributed by atoms with Crippen LogP contribution in [0.3, 0.4) is 0 Å². The van der Waals surface area contributed by atoms with Crippen LogP contribution in [0.5, 0.6) is 5.75 Å². The van der Waals surface area contributed by atoms with Crippen molar-refractivity contribution in [3.05, 3.63) is 42.0 Å². The predicted molar refractivity (Wildman–Crippen MR) is 78.2 cm³/mol. The normalized spacial score (nSPS) is 12.1. The summed E-state index contributed by atoms with van der Waals surface area (Å²) in [4.78, 5) is 0. The van der Waals surface area contributed by atoms with Crippen LogP contribution in [-0.2, 0) is 6.42 Å². The minimum absolute atomic E-state index is 0.0989. The van der Waals surface area contributed by atoms with Crippen molar-refractivity contribution in [3.63, 3.8) is 0 Å². The third-order valence-electron chi connectivity index (χ3n) is 3.47. The molecule has 2 aromatic carbocycles. The molecule has 2 aromatic rings. The molecule has 0 aliphatic carbocycles. The fourth-order valence-electron chi connectivity index (χ4n) is 2.45. The van der Waals surface area contributed by atoms with Crippen molar-refractivity contribution in [2.75, 3.05) is 7.11 Å². The fourth-order valence-corrected chi connectivity index (χ4v) is 2.45. The molecule has 0 spiro atoms. The zero-order valence-corrected chi connectivity index (χ0v) is 11.5. The number of nitrogens with zero attached hydrogens (tertiary/aromatic N) is 1. The number of ether oxygens (including phenoxy) is 1. The summed E-state index contributed by atoms with van der Waals surface area (Å²) in [5.74, 6) is 0.964. The Kier molecular flexibility index (Phi) is 4.41. The molecule has 1 atom stereocenters. The maximum atomic E-state index is 9.22. The van der Waals surface area contributed by atoms with Gasteiger partial charge in [-0.05, 0) is 41.3 Å². The Morgan fingerprint density at radius 2 is 2.11 bits per heavy atom. The van der Waals surface area contributed by atoms with Crippen LogP contribution in [0.25, 0.3) is 10.8 Å². The van der Waals surface area contributed by atoms with E-state index in [0.29, 0.717) is 0 Å². The average Bonchev–Trinajstić information content (AvgIpc) is 2.46. The van der Waals surface area contributed by atoms with Gasteiger partial charge < -0.3 is 4.74 Å². The standard InChI is InChI=1S/C17H19NO/c1-3-5-13(12-18)10-15-7-4-6-14-8-9-16(19-2)11-17(14)15/h4,6-9,11,13H,3,5,10H2,1-2H3. The van der Waals surface area contributed by atoms with E-state index in [2.05, 4.69) is 43.3 Å². The van der Waals surface area contributed by atoms with Gasteiger partial charge in [-0.25, -0.2) is 0 Å². The van der Waals surface area contributed by atoms with Crippen molar-refractivity contribution in [2.45, 2.75) is 26.2 Å². The highest BCUT2D eigenvalue weighted by Gasteiger charge is 2.10. The quantitative estimate of drug-likeness (QED) is 0.794. The van der Waals surface area contributed by atoms with Gasteiger partial charge in [-0.3, -0.25) is 0 Å². The van der Waals surface area contributed by atoms with E-state index >= 15 is 0 Å². The molecule has 0 fully saturated rings. The summed E-state index contributed by atoms with van der Waals surface area (Å²) < 4.78 is 5.29. The lowest BCUT2D eigenvalue weighted by molar-refractivity contribution is 0.415. The second-order valence-corrected chi connectivity index (χ2v) is 4.82. The van der Waals surface area contributed by atoms with Gasteiger partial charge in [0, 0.05) is 0 Å². The van der Waals surface area contributed by atoms with Gasteiger partial charge in [0.1, 0.15) is 5.75 Å². The summed E-state index contributed by atoms with van der Waals surface area (Å²) in [5.41, 5.74) is 1.23. The molecular formula is C17H19NO. The van der Waals surface area contributed by atoms with Gasteiger partial charge in [-0.15, -0.1) is 0 Å². The molecule has 0 amide bonds. The molecule has 2 nitrogen and oxygen atoms in total. The molecule has 0 heterocycles. The Balaban J connectivity index is 2.39. The smallest absolute Gasteiger partial charge is 0.119 e. The van der Waals surface area contributed by atoms with Crippen molar-refractivity contribution < 1.29 is 4.74 Å². The van der Waals surface area contributed by atoms with Crippen molar-refractivity contribution in [1.82, 2.24) is 0 Å². The Bertz CT molecular complexity index is 598. The lowest BCUT2D eigenvalue weighted by atomic mass is 9.93. The molecule has 2 rings (SSSR count). The zero-order chi connectivity index (χ0) is 13.7. The molecule has 0 aliphatic heterocycles. The van der Waals surface area contributed by atoms with Crippen LogP contribution in [0.15, 0.2) is 36.4 Å². The van der Waals surface area contributed by atoms with Gasteiger partial charge in [0.05, 0.1) is 19.1 Å². The van der Waals surface area contributed by atoms with E-state index in [0.717, 1.165) is 25.0 Å². The van der Waals surface area contributed by atoms with Gasteiger partial charge in [0.15, 0.2) is 0 Å². The van der Waals surface area contributed by atoms with E-state index in [1.54, 1.807) is 7.11 Å². The molecule has 1 unspecified atom stereocenters. The number of rotatable bonds is 5. The predicted octanol–water partition coefficient (Wildman–Crippen LogP) is 4.33. The van der Waals surface area contributed by atoms with Crippen LogP contribution in [0.2, 0.25) is 0 Å². The van der Waals surface area contributed by atoms with Crippen molar-refractivity contribution in [3.8, 4) is 11.8 Å². The van der Waals surface area contributed by atoms with Crippen molar-refractivity contribution in [1.29, 1.82) is 5.26 Å². The summed E-state index contributed by atoms with van der Waals surface area (Å²) in [7, 11) is 1.68. The number of nitriles is 1. The van der Waals surface area contributed by atoms with Gasteiger partial charge in [0.2, 0.25) is 0 Å². The lowest BCUT2D eigenvalue weighted by Crippen LogP contribution is -2.02. The van der Waals surface area contributed by atoms with Crippen molar-refractivity contribution in [2.24, 2.45) is 5.92 Å². The monoisotopic (exact) mass is 253 g/mol. The van der Waals surface area contributed by atoms with Crippen LogP contribution < -0.4 is 4.74 Å². The molecule has 0 saturated carbocycles. The first-order valence-electron chi connectivity index (χ1n) is 6.73. The second-order valence-electron chi connectivity index (χ2n) is 4.82. The SMILES string of the molecule is CCCC(C#N)Cc1cccc2ccc(OC)cc12. The highest BCUT2D eigenvalue weighted by molar-refractivity contribution is 5.87. The molecule has 0 bridgehead atoms. The van der Waals surface area contributed by atoms with Gasteiger partial charge in [0.25, 0.3) is 0 Å². The van der Waals surface area contributed by atoms with Gasteiger partial charge >= 0.3 is 0 Å². The van der Waals surface area contributed by atoms with Crippen LogP contribution >= 0.6 is 0 Å². The topological polar surface area (TPSA) is 33.0 Å². The van der Waals surface area contributed by atoms with E-state index in [-0.39, 0.29) is 5.92 Å². The summed E-state index contributed by atoms with van der Waals surface area (Å²) in [5, 5.41) is 11.6. The first-order valence-corrected chi connectivity index (χ1v) is 6.73. The Hall–Kier alpha value is -2.01. The van der Waals surface area contributed by atoms with Crippen LogP contribution in [0.1, 0.15) is 25.3 Å². The van der Waals surface area contributed by atoms with E-state index < -0.39 is 0 Å². The minimum atomic E-state index is 0.0989. The number of methoxy groups -OCH3 is 1. The summed E-state index contributed by atoms with van der Waals surface area (Å²) >= 11 is 0. The van der Waals surface area contributed by atoms with Crippen LogP contribution in [-0.4, -0.2) is 7.11 Å². The van der Waals surface area contributed by atoms with E-state index in [1.807, 2.05) is 6.07 Å². The molecule has 0 radical (unpaired) electrons. The minimum Gasteiger partial charge on any atom is -0.497 e. The molecule has 0 aliphatic rings. The molecule has 0 N–H and O–H groups in total. The molecular weight excluding hydrogens is 234 g/mol. The highest BCUT2D eigenvalue weighted by Crippen LogP contribution is 2.26. The Labute approximate surface area is 114 Å². The largest absolute Gasteiger partial charge is 0.497 e. The second kappa shape index (κ2) is 6.24. The van der Waals surface area contributed by atoms with E-state index in [4.69, 9.17) is 4.74 Å². The highest BCUT2D eigenvalue weighted by atomic mass is 16.5. The number of hydrogen-bond donors (Lipinski definition) is 0. The lowest BCUT2D eigenvalue weighted by Gasteiger charge is -2.11. The van der Waals surface area contributed by atoms with Crippen LogP contribution in [0, 0.1) is 17.2 Å². The number of benzene rings is 2. The third kappa shape index (κ3) is 3.06. The fraction of sp³-hybridized carbons (Fsp3) is 0.353.